The van der Waals surface area contributed by atoms with Gasteiger partial charge >= 0.3 is 24.5 Å². The van der Waals surface area contributed by atoms with Crippen molar-refractivity contribution in [2.24, 2.45) is 11.8 Å². The van der Waals surface area contributed by atoms with E-state index in [-0.39, 0.29) is 63.9 Å². The van der Waals surface area contributed by atoms with E-state index in [0.717, 1.165) is 30.0 Å². The van der Waals surface area contributed by atoms with Crippen molar-refractivity contribution in [3.05, 3.63) is 75.5 Å². The van der Waals surface area contributed by atoms with E-state index in [9.17, 15) is 31.9 Å². The van der Waals surface area contributed by atoms with E-state index < -0.39 is 60.6 Å². The maximum Gasteiger partial charge on any atom is 0.387 e. The van der Waals surface area contributed by atoms with Crippen molar-refractivity contribution < 1.29 is 60.3 Å². The molecule has 2 aliphatic rings. The summed E-state index contributed by atoms with van der Waals surface area (Å²) in [5.41, 5.74) is 0.0417. The van der Waals surface area contributed by atoms with Crippen LogP contribution in [0.5, 0.6) is 17.2 Å². The molecule has 1 heterocycles. The predicted molar refractivity (Wildman–Crippen MR) is 202 cm³/mol. The Labute approximate surface area is 335 Å². The number of pyridine rings is 1. The monoisotopic (exact) mass is 842 g/mol. The maximum absolute atomic E-state index is 13.2. The van der Waals surface area contributed by atoms with E-state index in [4.69, 9.17) is 46.9 Å². The lowest BCUT2D eigenvalue weighted by Crippen LogP contribution is -2.36. The molecule has 0 spiro atoms. The molecule has 2 saturated carbocycles. The molecule has 0 amide bonds. The smallest absolute Gasteiger partial charge is 0.387 e. The molecule has 2 aliphatic carbocycles. The predicted octanol–water partition coefficient (Wildman–Crippen LogP) is 7.93. The lowest BCUT2D eigenvalue weighted by molar-refractivity contribution is -0.153. The van der Waals surface area contributed by atoms with Gasteiger partial charge in [0.15, 0.2) is 11.5 Å². The van der Waals surface area contributed by atoms with Crippen LogP contribution in [0.3, 0.4) is 0 Å². The Balaban J connectivity index is 1.28. The lowest BCUT2D eigenvalue weighted by Gasteiger charge is -2.25. The Kier molecular flexibility index (Phi) is 14.8. The first-order valence-electron chi connectivity index (χ1n) is 17.8. The van der Waals surface area contributed by atoms with Crippen LogP contribution < -0.4 is 18.5 Å². The van der Waals surface area contributed by atoms with Gasteiger partial charge in [0.25, 0.3) is 11.3 Å². The second-order valence-electron chi connectivity index (χ2n) is 14.3. The molecule has 3 aromatic rings. The summed E-state index contributed by atoms with van der Waals surface area (Å²) in [5, 5.41) is 0.417. The number of carbonyl (C=O) groups excluding carboxylic acids is 3. The molecule has 56 heavy (non-hydrogen) atoms. The summed E-state index contributed by atoms with van der Waals surface area (Å²) in [6, 6.07) is 8.22. The highest BCUT2D eigenvalue weighted by Crippen LogP contribution is 2.39. The van der Waals surface area contributed by atoms with Crippen molar-refractivity contribution in [3.63, 3.8) is 0 Å². The molecule has 0 radical (unpaired) electrons. The zero-order valence-corrected chi connectivity index (χ0v) is 33.2. The molecular weight excluding hydrogens is 801 g/mol. The summed E-state index contributed by atoms with van der Waals surface area (Å²) in [5.74, 6) is -1.85. The van der Waals surface area contributed by atoms with Crippen LogP contribution >= 0.6 is 23.2 Å². The van der Waals surface area contributed by atoms with Gasteiger partial charge in [0, 0.05) is 18.8 Å². The van der Waals surface area contributed by atoms with Crippen molar-refractivity contribution in [1.29, 1.82) is 0 Å². The number of alkyl halides is 2. The molecule has 1 N–H and O–H groups in total. The zero-order valence-electron chi connectivity index (χ0n) is 30.8. The minimum Gasteiger partial charge on any atom is -0.491 e. The largest absolute Gasteiger partial charge is 0.491 e. The SMILES string of the molecule is CC(C)(C)OC(=O)CN(c1ccc(C(=O)OCCC(=O)O[C@@H](Cc2c(Cl)cncc2Cl)c2ccc(OC(F)F)c(OCC3CC3)c2)cc1OCC1CC1)S(=O)O. The van der Waals surface area contributed by atoms with Crippen molar-refractivity contribution in [1.82, 2.24) is 4.98 Å². The molecule has 0 aliphatic heterocycles. The Morgan fingerprint density at radius 2 is 1.57 bits per heavy atom. The van der Waals surface area contributed by atoms with Crippen LogP contribution in [-0.4, -0.2) is 70.2 Å². The first-order valence-corrected chi connectivity index (χ1v) is 19.6. The average Bonchev–Trinajstić information content (AvgIpc) is 4.06. The molecule has 5 rings (SSSR count). The van der Waals surface area contributed by atoms with E-state index >= 15 is 0 Å². The minimum atomic E-state index is -3.10. The number of hydrogen-bond donors (Lipinski definition) is 1. The number of benzene rings is 2. The first kappa shape index (κ1) is 42.9. The summed E-state index contributed by atoms with van der Waals surface area (Å²) >= 11 is 10.1. The quantitative estimate of drug-likeness (QED) is 0.0666. The molecular formula is C38H42Cl2F2N2O11S. The molecule has 2 fully saturated rings. The molecule has 1 aromatic heterocycles. The first-order chi connectivity index (χ1) is 26.6. The Morgan fingerprint density at radius 3 is 2.16 bits per heavy atom. The number of aromatic nitrogens is 1. The standard InChI is InChI=1S/C38H42Cl2F2N2O11S/c1-38(2,3)55-35(46)19-44(56(48)49)29-10-8-25(15-32(29)51-20-22-4-5-22)36(47)50-13-12-34(45)53-31(16-26-27(39)17-43-18-28(26)40)24-9-11-30(54-37(41)42)33(14-24)52-21-23-6-7-23/h8-11,14-15,17-18,22-23,31,37H,4-7,12-13,16,19-21H2,1-3H3,(H,48,49)/t31-/m0/s1. The normalized spacial score (nSPS) is 15.1. The Bertz CT molecular complexity index is 1890. The van der Waals surface area contributed by atoms with Gasteiger partial charge in [-0.05, 0) is 99.7 Å². The number of nitrogens with zero attached hydrogens (tertiary/aromatic N) is 2. The number of rotatable bonds is 20. The van der Waals surface area contributed by atoms with Gasteiger partial charge in [0.1, 0.15) is 30.6 Å². The number of hydrogen-bond acceptors (Lipinski definition) is 11. The summed E-state index contributed by atoms with van der Waals surface area (Å²) in [4.78, 5) is 42.9. The number of ether oxygens (including phenoxy) is 6. The van der Waals surface area contributed by atoms with Crippen LogP contribution in [0, 0.1) is 11.8 Å². The third-order valence-electron chi connectivity index (χ3n) is 8.40. The van der Waals surface area contributed by atoms with Crippen molar-refractivity contribution in [3.8, 4) is 17.2 Å². The second kappa shape index (κ2) is 19.3. The molecule has 2 aromatic carbocycles. The third kappa shape index (κ3) is 13.2. The fourth-order valence-electron chi connectivity index (χ4n) is 5.27. The van der Waals surface area contributed by atoms with Gasteiger partial charge in [0.05, 0.1) is 40.9 Å². The highest BCUT2D eigenvalue weighted by molar-refractivity contribution is 7.80. The van der Waals surface area contributed by atoms with Crippen LogP contribution in [0.15, 0.2) is 48.8 Å². The highest BCUT2D eigenvalue weighted by Gasteiger charge is 2.29. The Hall–Kier alpha value is -4.25. The molecule has 13 nitrogen and oxygen atoms in total. The second-order valence-corrected chi connectivity index (χ2v) is 16.0. The Morgan fingerprint density at radius 1 is 0.929 bits per heavy atom. The molecule has 304 valence electrons. The van der Waals surface area contributed by atoms with Gasteiger partial charge in [-0.15, -0.1) is 0 Å². The van der Waals surface area contributed by atoms with Crippen LogP contribution in [0.25, 0.3) is 0 Å². The van der Waals surface area contributed by atoms with E-state index in [1.54, 1.807) is 20.8 Å². The fourth-order valence-corrected chi connectivity index (χ4v) is 6.32. The summed E-state index contributed by atoms with van der Waals surface area (Å²) < 4.78 is 82.6. The van der Waals surface area contributed by atoms with E-state index in [2.05, 4.69) is 9.72 Å². The van der Waals surface area contributed by atoms with Crippen LogP contribution in [0.2, 0.25) is 10.0 Å². The summed E-state index contributed by atoms with van der Waals surface area (Å²) in [6.07, 6.45) is 5.10. The molecule has 18 heteroatoms. The zero-order chi connectivity index (χ0) is 40.6. The third-order valence-corrected chi connectivity index (χ3v) is 9.75. The molecule has 0 bridgehead atoms. The average molecular weight is 844 g/mol. The van der Waals surface area contributed by atoms with Gasteiger partial charge in [-0.3, -0.25) is 23.4 Å². The van der Waals surface area contributed by atoms with Gasteiger partial charge in [-0.1, -0.05) is 29.3 Å². The van der Waals surface area contributed by atoms with Crippen LogP contribution in [0.1, 0.15) is 80.5 Å². The maximum atomic E-state index is 13.2. The number of anilines is 1. The lowest BCUT2D eigenvalue weighted by atomic mass is 10.0. The topological polar surface area (TPSA) is 160 Å². The highest BCUT2D eigenvalue weighted by atomic mass is 35.5. The number of halogens is 4. The van der Waals surface area contributed by atoms with Crippen LogP contribution in [-0.2, 0) is 41.5 Å². The summed E-state index contributed by atoms with van der Waals surface area (Å²) in [7, 11) is 0. The van der Waals surface area contributed by atoms with Gasteiger partial charge in [0.2, 0.25) is 0 Å². The van der Waals surface area contributed by atoms with E-state index in [1.807, 2.05) is 0 Å². The van der Waals surface area contributed by atoms with Crippen molar-refractivity contribution in [2.45, 2.75) is 77.6 Å². The summed E-state index contributed by atoms with van der Waals surface area (Å²) in [6.45, 7) is 1.50. The van der Waals surface area contributed by atoms with E-state index in [1.165, 1.54) is 48.8 Å². The minimum absolute atomic E-state index is 0.0125. The van der Waals surface area contributed by atoms with Gasteiger partial charge in [-0.25, -0.2) is 9.00 Å². The van der Waals surface area contributed by atoms with E-state index in [0.29, 0.717) is 23.7 Å². The molecule has 1 unspecified atom stereocenters. The van der Waals surface area contributed by atoms with Crippen LogP contribution in [0.4, 0.5) is 14.5 Å². The molecule has 2 atom stereocenters. The van der Waals surface area contributed by atoms with Crippen molar-refractivity contribution in [2.75, 3.05) is 30.7 Å². The van der Waals surface area contributed by atoms with Gasteiger partial charge in [-0.2, -0.15) is 8.78 Å². The van der Waals surface area contributed by atoms with Crippen molar-refractivity contribution >= 4 is 58.1 Å². The van der Waals surface area contributed by atoms with Gasteiger partial charge < -0.3 is 28.4 Å². The number of esters is 3. The molecule has 0 saturated heterocycles. The fraction of sp³-hybridized carbons (Fsp3) is 0.474. The number of carbonyl (C=O) groups is 3.